The van der Waals surface area contributed by atoms with E-state index in [1.165, 1.54) is 24.3 Å². The molecule has 2 fully saturated rings. The fourth-order valence-electron chi connectivity index (χ4n) is 3.96. The Balaban J connectivity index is 1.60. The first-order valence-corrected chi connectivity index (χ1v) is 13.6. The maximum Gasteiger partial charge on any atom is 0.228 e. The number of nitrogens with one attached hydrogen (secondary N) is 1. The normalized spacial score (nSPS) is 18.2. The van der Waals surface area contributed by atoms with E-state index in [1.807, 2.05) is 4.90 Å². The average molecular weight is 511 g/mol. The first-order chi connectivity index (χ1) is 16.4. The van der Waals surface area contributed by atoms with Crippen LogP contribution in [0.15, 0.2) is 35.6 Å². The van der Waals surface area contributed by atoms with Crippen molar-refractivity contribution in [3.63, 3.8) is 0 Å². The summed E-state index contributed by atoms with van der Waals surface area (Å²) in [5, 5.41) is 3.97. The van der Waals surface area contributed by atoms with E-state index in [4.69, 9.17) is 21.7 Å². The third-order valence-electron chi connectivity index (χ3n) is 5.97. The van der Waals surface area contributed by atoms with Crippen LogP contribution in [0.4, 0.5) is 4.39 Å². The molecule has 0 bridgehead atoms. The highest BCUT2D eigenvalue weighted by molar-refractivity contribution is 7.90. The molecular weight excluding hydrogens is 479 g/mol. The van der Waals surface area contributed by atoms with E-state index in [1.54, 1.807) is 17.9 Å². The van der Waals surface area contributed by atoms with Crippen molar-refractivity contribution in [3.8, 4) is 0 Å². The Hall–Kier alpha value is -2.08. The summed E-state index contributed by atoms with van der Waals surface area (Å²) in [5.41, 5.74) is 1.25. The number of sulfone groups is 1. The van der Waals surface area contributed by atoms with Crippen LogP contribution in [0.25, 0.3) is 0 Å². The van der Waals surface area contributed by atoms with Crippen LogP contribution in [0.3, 0.4) is 0 Å². The molecule has 1 saturated carbocycles. The van der Waals surface area contributed by atoms with Crippen molar-refractivity contribution < 1.29 is 22.3 Å². The highest BCUT2D eigenvalue weighted by atomic mass is 32.2. The summed E-state index contributed by atoms with van der Waals surface area (Å²) in [6, 6.07) is 5.89. The monoisotopic (exact) mass is 510 g/mol. The fraction of sp³-hybridized carbons (Fsp3) is 0.565. The predicted octanol–water partition coefficient (Wildman–Crippen LogP) is 2.66. The van der Waals surface area contributed by atoms with Crippen LogP contribution in [0, 0.1) is 5.82 Å². The molecule has 2 aromatic rings. The zero-order valence-corrected chi connectivity index (χ0v) is 20.9. The minimum absolute atomic E-state index is 0.00455. The second-order valence-electron chi connectivity index (χ2n) is 8.80. The Bertz CT molecular complexity index is 1080. The van der Waals surface area contributed by atoms with E-state index < -0.39 is 15.7 Å². The van der Waals surface area contributed by atoms with Crippen molar-refractivity contribution in [2.45, 2.75) is 61.8 Å². The molecule has 4 rings (SSSR count). The van der Waals surface area contributed by atoms with Gasteiger partial charge in [-0.1, -0.05) is 12.1 Å². The molecule has 1 aromatic heterocycles. The first kappa shape index (κ1) is 25.0. The molecule has 186 valence electrons. The number of aromatic nitrogens is 2. The predicted molar refractivity (Wildman–Crippen MR) is 130 cm³/mol. The number of nitrogens with zero attached hydrogens (tertiary/aromatic N) is 3. The van der Waals surface area contributed by atoms with E-state index in [9.17, 15) is 12.8 Å². The molecule has 11 heteroatoms. The molecule has 0 amide bonds. The average Bonchev–Trinajstić information content (AvgIpc) is 3.29. The molecule has 1 N–H and O–H groups in total. The lowest BCUT2D eigenvalue weighted by Crippen LogP contribution is -2.42. The van der Waals surface area contributed by atoms with Crippen molar-refractivity contribution >= 4 is 27.2 Å². The van der Waals surface area contributed by atoms with Crippen LogP contribution in [0.1, 0.15) is 36.9 Å². The van der Waals surface area contributed by atoms with Crippen molar-refractivity contribution in [1.29, 1.82) is 0 Å². The molecule has 1 saturated heterocycles. The van der Waals surface area contributed by atoms with Gasteiger partial charge in [-0.25, -0.2) is 17.8 Å². The number of hydrogen-bond donors (Lipinski definition) is 1. The van der Waals surface area contributed by atoms with Gasteiger partial charge in [0.15, 0.2) is 5.11 Å². The van der Waals surface area contributed by atoms with E-state index >= 15 is 0 Å². The maximum absolute atomic E-state index is 13.4. The number of methoxy groups -OCH3 is 1. The van der Waals surface area contributed by atoms with Gasteiger partial charge in [-0.3, -0.25) is 0 Å². The van der Waals surface area contributed by atoms with Gasteiger partial charge in [-0.05, 0) is 55.6 Å². The molecule has 2 heterocycles. The van der Waals surface area contributed by atoms with Crippen molar-refractivity contribution in [1.82, 2.24) is 19.8 Å². The topological polar surface area (TPSA) is 85.7 Å². The molecule has 0 spiro atoms. The molecule has 1 aromatic carbocycles. The summed E-state index contributed by atoms with van der Waals surface area (Å²) in [6.45, 7) is 2.52. The second-order valence-corrected chi connectivity index (χ2v) is 11.1. The number of ether oxygens (including phenoxy) is 2. The Labute approximate surface area is 205 Å². The Morgan fingerprint density at radius 3 is 2.74 bits per heavy atom. The van der Waals surface area contributed by atoms with E-state index in [0.29, 0.717) is 49.6 Å². The smallest absolute Gasteiger partial charge is 0.228 e. The standard InChI is InChI=1S/C23H31FN4O4S2/c1-31-12-10-27(22(33)26-19-8-9-19)14-20-13-25-23(28(20)15-21-3-2-11-32-21)34(29,30)16-17-4-6-18(24)7-5-17/h4-7,13,19,21H,2-3,8-12,14-16H2,1H3,(H,26,33). The summed E-state index contributed by atoms with van der Waals surface area (Å²) < 4.78 is 52.8. The quantitative estimate of drug-likeness (QED) is 0.462. The number of rotatable bonds is 11. The molecule has 1 aliphatic carbocycles. The minimum Gasteiger partial charge on any atom is -0.383 e. The Morgan fingerprint density at radius 1 is 1.32 bits per heavy atom. The number of benzene rings is 1. The number of thiocarbonyl (C=S) groups is 1. The van der Waals surface area contributed by atoms with Gasteiger partial charge in [-0.2, -0.15) is 0 Å². The Kier molecular flexibility index (Phi) is 8.18. The molecule has 0 radical (unpaired) electrons. The van der Waals surface area contributed by atoms with Crippen LogP contribution in [0.5, 0.6) is 0 Å². The van der Waals surface area contributed by atoms with E-state index in [0.717, 1.165) is 31.4 Å². The molecule has 2 aliphatic rings. The van der Waals surface area contributed by atoms with Gasteiger partial charge in [0, 0.05) is 26.3 Å². The van der Waals surface area contributed by atoms with Crippen molar-refractivity contribution in [3.05, 3.63) is 47.5 Å². The fourth-order valence-corrected chi connectivity index (χ4v) is 5.79. The zero-order chi connectivity index (χ0) is 24.1. The van der Waals surface area contributed by atoms with Gasteiger partial charge in [0.05, 0.1) is 43.4 Å². The van der Waals surface area contributed by atoms with Gasteiger partial charge in [0.2, 0.25) is 15.0 Å². The summed E-state index contributed by atoms with van der Waals surface area (Å²) in [5.74, 6) is -0.667. The third kappa shape index (κ3) is 6.53. The highest BCUT2D eigenvalue weighted by Crippen LogP contribution is 2.23. The number of halogens is 1. The molecular formula is C23H31FN4O4S2. The van der Waals surface area contributed by atoms with Gasteiger partial charge < -0.3 is 24.3 Å². The number of imidazole rings is 1. The van der Waals surface area contributed by atoms with Crippen LogP contribution in [0.2, 0.25) is 0 Å². The summed E-state index contributed by atoms with van der Waals surface area (Å²) in [6.07, 6.45) is 5.54. The van der Waals surface area contributed by atoms with Crippen LogP contribution in [-0.4, -0.2) is 67.0 Å². The summed E-state index contributed by atoms with van der Waals surface area (Å²) in [4.78, 5) is 6.32. The van der Waals surface area contributed by atoms with Gasteiger partial charge in [-0.15, -0.1) is 0 Å². The highest BCUT2D eigenvalue weighted by Gasteiger charge is 2.29. The van der Waals surface area contributed by atoms with Crippen molar-refractivity contribution in [2.24, 2.45) is 0 Å². The van der Waals surface area contributed by atoms with Crippen LogP contribution in [-0.2, 0) is 38.2 Å². The molecule has 8 nitrogen and oxygen atoms in total. The lowest BCUT2D eigenvalue weighted by atomic mass is 10.2. The second kappa shape index (κ2) is 11.1. The van der Waals surface area contributed by atoms with E-state index in [2.05, 4.69) is 10.3 Å². The van der Waals surface area contributed by atoms with E-state index in [-0.39, 0.29) is 17.0 Å². The third-order valence-corrected chi connectivity index (χ3v) is 7.94. The van der Waals surface area contributed by atoms with Gasteiger partial charge >= 0.3 is 0 Å². The lowest BCUT2D eigenvalue weighted by molar-refractivity contribution is 0.0935. The molecule has 1 aliphatic heterocycles. The molecule has 34 heavy (non-hydrogen) atoms. The zero-order valence-electron chi connectivity index (χ0n) is 19.3. The SMILES string of the molecule is COCCN(Cc1cnc(S(=O)(=O)Cc2ccc(F)cc2)n1CC1CCCO1)C(=S)NC1CC1. The lowest BCUT2D eigenvalue weighted by Gasteiger charge is -2.26. The van der Waals surface area contributed by atoms with Crippen LogP contribution >= 0.6 is 12.2 Å². The minimum atomic E-state index is -3.78. The number of hydrogen-bond acceptors (Lipinski definition) is 6. The largest absolute Gasteiger partial charge is 0.383 e. The molecule has 1 unspecified atom stereocenters. The summed E-state index contributed by atoms with van der Waals surface area (Å²) in [7, 11) is -2.14. The van der Waals surface area contributed by atoms with Gasteiger partial charge in [0.1, 0.15) is 5.82 Å². The first-order valence-electron chi connectivity index (χ1n) is 11.5. The van der Waals surface area contributed by atoms with Crippen molar-refractivity contribution in [2.75, 3.05) is 26.9 Å². The summed E-state index contributed by atoms with van der Waals surface area (Å²) >= 11 is 5.62. The molecule has 1 atom stereocenters. The maximum atomic E-state index is 13.4. The Morgan fingerprint density at radius 2 is 2.09 bits per heavy atom. The van der Waals surface area contributed by atoms with Crippen LogP contribution < -0.4 is 5.32 Å². The van der Waals surface area contributed by atoms with Gasteiger partial charge in [0.25, 0.3) is 0 Å².